The largest absolute Gasteiger partial charge is 0.372 e. The third kappa shape index (κ3) is 3.38. The van der Waals surface area contributed by atoms with Crippen molar-refractivity contribution in [1.29, 1.82) is 0 Å². The van der Waals surface area contributed by atoms with Crippen LogP contribution in [0.1, 0.15) is 28.9 Å². The second kappa shape index (κ2) is 7.25. The zero-order valence-electron chi connectivity index (χ0n) is 13.8. The quantitative estimate of drug-likeness (QED) is 0.839. The van der Waals surface area contributed by atoms with Gasteiger partial charge < -0.3 is 14.4 Å². The van der Waals surface area contributed by atoms with E-state index in [1.165, 1.54) is 6.20 Å². The summed E-state index contributed by atoms with van der Waals surface area (Å²) in [6.07, 6.45) is 9.80. The predicted molar refractivity (Wildman–Crippen MR) is 88.6 cm³/mol. The minimum Gasteiger partial charge on any atom is -0.372 e. The smallest absolute Gasteiger partial charge is 0.274 e. The number of pyridine rings is 1. The first-order chi connectivity index (χ1) is 12.3. The summed E-state index contributed by atoms with van der Waals surface area (Å²) < 4.78 is 12.0. The van der Waals surface area contributed by atoms with Gasteiger partial charge in [0.1, 0.15) is 11.8 Å². The van der Waals surface area contributed by atoms with Gasteiger partial charge in [0.25, 0.3) is 5.91 Å². The van der Waals surface area contributed by atoms with Gasteiger partial charge in [0.2, 0.25) is 0 Å². The number of carbonyl (C=O) groups is 1. The van der Waals surface area contributed by atoms with Crippen LogP contribution in [0.5, 0.6) is 0 Å². The molecule has 0 aromatic carbocycles. The molecule has 0 spiro atoms. The van der Waals surface area contributed by atoms with Gasteiger partial charge >= 0.3 is 0 Å². The highest BCUT2D eigenvalue weighted by molar-refractivity contribution is 5.92. The average Bonchev–Trinajstić information content (AvgIpc) is 3.10. The van der Waals surface area contributed by atoms with Crippen LogP contribution < -0.4 is 0 Å². The Bertz CT molecular complexity index is 713. The van der Waals surface area contributed by atoms with Crippen molar-refractivity contribution in [3.63, 3.8) is 0 Å². The normalized spacial score (nSPS) is 25.6. The van der Waals surface area contributed by atoms with E-state index in [-0.39, 0.29) is 24.2 Å². The third-order valence-electron chi connectivity index (χ3n) is 4.79. The molecule has 2 aromatic rings. The molecule has 1 aliphatic heterocycles. The lowest BCUT2D eigenvalue weighted by Gasteiger charge is -2.38. The Morgan fingerprint density at radius 2 is 2.08 bits per heavy atom. The van der Waals surface area contributed by atoms with E-state index in [0.29, 0.717) is 25.5 Å². The fourth-order valence-electron chi connectivity index (χ4n) is 3.59. The van der Waals surface area contributed by atoms with E-state index in [1.54, 1.807) is 24.8 Å². The zero-order valence-corrected chi connectivity index (χ0v) is 13.8. The second-order valence-electron chi connectivity index (χ2n) is 6.27. The standard InChI is InChI=1S/C18H20N4O3/c23-18(14-11-20-7-8-21-14)22-9-10-24-17-15(22)1-2-16(17)25-12-13-3-5-19-6-4-13/h3-8,11,15-17H,1-2,9-10,12H2/t15-,16-,17-/m1/s1. The number of hydrogen-bond acceptors (Lipinski definition) is 6. The summed E-state index contributed by atoms with van der Waals surface area (Å²) in [5.74, 6) is -0.0822. The molecule has 2 aromatic heterocycles. The lowest BCUT2D eigenvalue weighted by molar-refractivity contribution is -0.108. The summed E-state index contributed by atoms with van der Waals surface area (Å²) >= 11 is 0. The van der Waals surface area contributed by atoms with E-state index in [9.17, 15) is 4.79 Å². The molecular weight excluding hydrogens is 320 g/mol. The van der Waals surface area contributed by atoms with Crippen molar-refractivity contribution in [1.82, 2.24) is 19.9 Å². The maximum absolute atomic E-state index is 12.7. The molecule has 0 radical (unpaired) electrons. The van der Waals surface area contributed by atoms with Gasteiger partial charge in [-0.2, -0.15) is 0 Å². The van der Waals surface area contributed by atoms with Gasteiger partial charge in [0.05, 0.1) is 31.6 Å². The van der Waals surface area contributed by atoms with Crippen molar-refractivity contribution in [2.24, 2.45) is 0 Å². The van der Waals surface area contributed by atoms with Gasteiger partial charge in [-0.05, 0) is 30.5 Å². The Labute approximate surface area is 146 Å². The van der Waals surface area contributed by atoms with Crippen LogP contribution in [0.4, 0.5) is 0 Å². The second-order valence-corrected chi connectivity index (χ2v) is 6.27. The molecule has 3 atom stereocenters. The number of morpholine rings is 1. The predicted octanol–water partition coefficient (Wildman–Crippen LogP) is 1.46. The number of fused-ring (bicyclic) bond motifs is 1. The van der Waals surface area contributed by atoms with Crippen molar-refractivity contribution in [3.05, 3.63) is 54.4 Å². The van der Waals surface area contributed by atoms with Gasteiger partial charge in [-0.1, -0.05) is 0 Å². The molecule has 4 rings (SSSR count). The summed E-state index contributed by atoms with van der Waals surface area (Å²) in [6.45, 7) is 1.62. The maximum atomic E-state index is 12.7. The Hall–Kier alpha value is -2.38. The molecule has 2 fully saturated rings. The molecule has 3 heterocycles. The fraction of sp³-hybridized carbons (Fsp3) is 0.444. The molecule has 2 aliphatic rings. The van der Waals surface area contributed by atoms with E-state index >= 15 is 0 Å². The summed E-state index contributed by atoms with van der Waals surface area (Å²) in [4.78, 5) is 26.8. The highest BCUT2D eigenvalue weighted by Crippen LogP contribution is 2.33. The first-order valence-electron chi connectivity index (χ1n) is 8.52. The Morgan fingerprint density at radius 3 is 2.88 bits per heavy atom. The van der Waals surface area contributed by atoms with Crippen molar-refractivity contribution in [2.75, 3.05) is 13.2 Å². The van der Waals surface area contributed by atoms with Gasteiger partial charge in [-0.15, -0.1) is 0 Å². The minimum atomic E-state index is -0.0868. The van der Waals surface area contributed by atoms with E-state index in [0.717, 1.165) is 18.4 Å². The first kappa shape index (κ1) is 16.1. The van der Waals surface area contributed by atoms with Crippen LogP contribution in [0.2, 0.25) is 0 Å². The number of aromatic nitrogens is 3. The molecular formula is C18H20N4O3. The van der Waals surface area contributed by atoms with Crippen LogP contribution in [-0.4, -0.2) is 57.2 Å². The first-order valence-corrected chi connectivity index (χ1v) is 8.52. The van der Waals surface area contributed by atoms with Crippen LogP contribution in [0.25, 0.3) is 0 Å². The van der Waals surface area contributed by atoms with E-state index in [4.69, 9.17) is 9.47 Å². The van der Waals surface area contributed by atoms with Gasteiger partial charge in [0.15, 0.2) is 0 Å². The molecule has 1 saturated heterocycles. The highest BCUT2D eigenvalue weighted by Gasteiger charge is 2.45. The molecule has 130 valence electrons. The summed E-state index contributed by atoms with van der Waals surface area (Å²) in [5.41, 5.74) is 1.46. The summed E-state index contributed by atoms with van der Waals surface area (Å²) in [5, 5.41) is 0. The Balaban J connectivity index is 1.42. The van der Waals surface area contributed by atoms with Gasteiger partial charge in [-0.3, -0.25) is 14.8 Å². The SMILES string of the molecule is O=C(c1cnccn1)N1CCO[C@@H]2[C@H]1CC[C@H]2OCc1ccncc1. The van der Waals surface area contributed by atoms with Crippen LogP contribution in [-0.2, 0) is 16.1 Å². The van der Waals surface area contributed by atoms with Crippen LogP contribution >= 0.6 is 0 Å². The number of carbonyl (C=O) groups excluding carboxylic acids is 1. The van der Waals surface area contributed by atoms with Crippen molar-refractivity contribution >= 4 is 5.91 Å². The van der Waals surface area contributed by atoms with Crippen molar-refractivity contribution in [3.8, 4) is 0 Å². The summed E-state index contributed by atoms with van der Waals surface area (Å²) in [7, 11) is 0. The Kier molecular flexibility index (Phi) is 4.67. The van der Waals surface area contributed by atoms with Crippen molar-refractivity contribution in [2.45, 2.75) is 37.7 Å². The zero-order chi connectivity index (χ0) is 17.1. The molecule has 1 amide bonds. The number of ether oxygens (including phenoxy) is 2. The van der Waals surface area contributed by atoms with E-state index < -0.39 is 0 Å². The lowest BCUT2D eigenvalue weighted by Crippen LogP contribution is -2.54. The van der Waals surface area contributed by atoms with E-state index in [1.807, 2.05) is 17.0 Å². The molecule has 0 unspecified atom stereocenters. The molecule has 7 heteroatoms. The average molecular weight is 340 g/mol. The number of hydrogen-bond donors (Lipinski definition) is 0. The molecule has 1 saturated carbocycles. The van der Waals surface area contributed by atoms with Crippen LogP contribution in [0, 0.1) is 0 Å². The molecule has 0 bridgehead atoms. The number of nitrogens with zero attached hydrogens (tertiary/aromatic N) is 4. The highest BCUT2D eigenvalue weighted by atomic mass is 16.5. The minimum absolute atomic E-state index is 0.00405. The molecule has 0 N–H and O–H groups in total. The monoisotopic (exact) mass is 340 g/mol. The van der Waals surface area contributed by atoms with Crippen LogP contribution in [0.15, 0.2) is 43.1 Å². The van der Waals surface area contributed by atoms with Gasteiger partial charge in [-0.25, -0.2) is 4.98 Å². The number of amides is 1. The Morgan fingerprint density at radius 1 is 1.20 bits per heavy atom. The lowest BCUT2D eigenvalue weighted by atomic mass is 10.1. The number of rotatable bonds is 4. The third-order valence-corrected chi connectivity index (χ3v) is 4.79. The molecule has 7 nitrogen and oxygen atoms in total. The van der Waals surface area contributed by atoms with Crippen molar-refractivity contribution < 1.29 is 14.3 Å². The fourth-order valence-corrected chi connectivity index (χ4v) is 3.59. The molecule has 1 aliphatic carbocycles. The summed E-state index contributed by atoms with van der Waals surface area (Å²) in [6, 6.07) is 3.92. The molecule has 25 heavy (non-hydrogen) atoms. The van der Waals surface area contributed by atoms with Gasteiger partial charge in [0, 0.05) is 31.3 Å². The maximum Gasteiger partial charge on any atom is 0.274 e. The topological polar surface area (TPSA) is 77.4 Å². The van der Waals surface area contributed by atoms with E-state index in [2.05, 4.69) is 15.0 Å². The van der Waals surface area contributed by atoms with Crippen LogP contribution in [0.3, 0.4) is 0 Å².